The van der Waals surface area contributed by atoms with Crippen molar-refractivity contribution >= 4 is 11.8 Å². The van der Waals surface area contributed by atoms with Crippen LogP contribution in [0.5, 0.6) is 17.4 Å². The molecule has 0 bridgehead atoms. The topological polar surface area (TPSA) is 74.7 Å². The van der Waals surface area contributed by atoms with Gasteiger partial charge in [0.25, 0.3) is 0 Å². The second kappa shape index (κ2) is 7.40. The van der Waals surface area contributed by atoms with Crippen LogP contribution in [0.1, 0.15) is 29.9 Å². The molecule has 0 unspecified atom stereocenters. The molecule has 0 aliphatic carbocycles. The molecule has 1 heterocycles. The van der Waals surface area contributed by atoms with Crippen LogP contribution in [0.25, 0.3) is 0 Å². The molecule has 0 aliphatic rings. The highest BCUT2D eigenvalue weighted by Crippen LogP contribution is 2.34. The zero-order valence-corrected chi connectivity index (χ0v) is 13.2. The van der Waals surface area contributed by atoms with Gasteiger partial charge in [0.05, 0.1) is 7.11 Å². The number of hydrogen-bond acceptors (Lipinski definition) is 6. The van der Waals surface area contributed by atoms with E-state index in [1.165, 1.54) is 27.0 Å². The molecule has 0 fully saturated rings. The minimum absolute atomic E-state index is 0.00777. The molecule has 120 valence electrons. The van der Waals surface area contributed by atoms with Crippen molar-refractivity contribution in [3.8, 4) is 17.4 Å². The Balaban J connectivity index is 2.35. The van der Waals surface area contributed by atoms with E-state index in [4.69, 9.17) is 14.2 Å². The number of aromatic nitrogens is 1. The highest BCUT2D eigenvalue weighted by atomic mass is 16.5. The third kappa shape index (κ3) is 4.29. The standard InChI is InChI=1S/C17H17NO5/c1-11(19)16-17(22-10-13-7-5-4-6-8-13)14(21-3)9-15(18-16)23-12(2)20/h4-9H,10H2,1-3H3. The zero-order valence-electron chi connectivity index (χ0n) is 13.2. The molecule has 2 aromatic rings. The van der Waals surface area contributed by atoms with E-state index in [-0.39, 0.29) is 35.5 Å². The molecule has 23 heavy (non-hydrogen) atoms. The second-order valence-corrected chi connectivity index (χ2v) is 4.76. The lowest BCUT2D eigenvalue weighted by Crippen LogP contribution is -2.10. The number of hydrogen-bond donors (Lipinski definition) is 0. The quantitative estimate of drug-likeness (QED) is 0.603. The number of pyridine rings is 1. The van der Waals surface area contributed by atoms with Crippen LogP contribution in [0, 0.1) is 0 Å². The summed E-state index contributed by atoms with van der Waals surface area (Å²) in [6, 6.07) is 10.9. The van der Waals surface area contributed by atoms with Crippen LogP contribution in [0.2, 0.25) is 0 Å². The van der Waals surface area contributed by atoms with Gasteiger partial charge in [-0.3, -0.25) is 9.59 Å². The number of carbonyl (C=O) groups is 2. The summed E-state index contributed by atoms with van der Waals surface area (Å²) in [5, 5.41) is 0. The third-order valence-corrected chi connectivity index (χ3v) is 2.94. The van der Waals surface area contributed by atoms with Crippen molar-refractivity contribution in [1.82, 2.24) is 4.98 Å². The Hall–Kier alpha value is -2.89. The van der Waals surface area contributed by atoms with Gasteiger partial charge in [-0.25, -0.2) is 4.98 Å². The molecule has 0 saturated carbocycles. The zero-order chi connectivity index (χ0) is 16.8. The molecule has 1 aromatic heterocycles. The summed E-state index contributed by atoms with van der Waals surface area (Å²) in [5.41, 5.74) is 0.990. The Labute approximate surface area is 134 Å². The normalized spacial score (nSPS) is 10.0. The average molecular weight is 315 g/mol. The number of ketones is 1. The minimum Gasteiger partial charge on any atom is -0.493 e. The maximum Gasteiger partial charge on any atom is 0.309 e. The fourth-order valence-corrected chi connectivity index (χ4v) is 1.95. The van der Waals surface area contributed by atoms with Crippen LogP contribution >= 0.6 is 0 Å². The van der Waals surface area contributed by atoms with Crippen molar-refractivity contribution in [2.24, 2.45) is 0 Å². The SMILES string of the molecule is COc1cc(OC(C)=O)nc(C(C)=O)c1OCc1ccccc1. The van der Waals surface area contributed by atoms with E-state index in [0.717, 1.165) is 5.56 Å². The van der Waals surface area contributed by atoms with E-state index in [9.17, 15) is 9.59 Å². The van der Waals surface area contributed by atoms with Gasteiger partial charge in [-0.05, 0) is 5.56 Å². The van der Waals surface area contributed by atoms with Crippen molar-refractivity contribution in [3.05, 3.63) is 47.7 Å². The van der Waals surface area contributed by atoms with Gasteiger partial charge in [-0.1, -0.05) is 30.3 Å². The van der Waals surface area contributed by atoms with Gasteiger partial charge >= 0.3 is 5.97 Å². The Kier molecular flexibility index (Phi) is 5.30. The smallest absolute Gasteiger partial charge is 0.309 e. The number of ether oxygens (including phenoxy) is 3. The van der Waals surface area contributed by atoms with E-state index in [2.05, 4.69) is 4.98 Å². The lowest BCUT2D eigenvalue weighted by Gasteiger charge is -2.14. The van der Waals surface area contributed by atoms with Crippen molar-refractivity contribution < 1.29 is 23.8 Å². The summed E-state index contributed by atoms with van der Waals surface area (Å²) >= 11 is 0. The summed E-state index contributed by atoms with van der Waals surface area (Å²) in [7, 11) is 1.44. The van der Waals surface area contributed by atoms with Gasteiger partial charge in [0.2, 0.25) is 5.88 Å². The number of esters is 1. The molecule has 0 aliphatic heterocycles. The molecular weight excluding hydrogens is 298 g/mol. The van der Waals surface area contributed by atoms with Crippen LogP contribution in [-0.4, -0.2) is 23.8 Å². The Morgan fingerprint density at radius 1 is 1.13 bits per heavy atom. The van der Waals surface area contributed by atoms with Crippen molar-refractivity contribution in [2.75, 3.05) is 7.11 Å². The molecule has 0 N–H and O–H groups in total. The van der Waals surface area contributed by atoms with Gasteiger partial charge in [0, 0.05) is 19.9 Å². The summed E-state index contributed by atoms with van der Waals surface area (Å²) < 4.78 is 15.9. The molecule has 0 radical (unpaired) electrons. The first-order valence-corrected chi connectivity index (χ1v) is 6.96. The van der Waals surface area contributed by atoms with E-state index in [0.29, 0.717) is 0 Å². The van der Waals surface area contributed by atoms with E-state index in [1.807, 2.05) is 30.3 Å². The van der Waals surface area contributed by atoms with Gasteiger partial charge in [-0.2, -0.15) is 0 Å². The molecule has 6 nitrogen and oxygen atoms in total. The Bertz CT molecular complexity index is 712. The minimum atomic E-state index is -0.535. The number of rotatable bonds is 6. The Morgan fingerprint density at radius 3 is 2.39 bits per heavy atom. The van der Waals surface area contributed by atoms with Gasteiger partial charge in [-0.15, -0.1) is 0 Å². The largest absolute Gasteiger partial charge is 0.493 e. The number of Topliss-reactive ketones (excluding diaryl/α,β-unsaturated/α-hetero) is 1. The third-order valence-electron chi connectivity index (χ3n) is 2.94. The van der Waals surface area contributed by atoms with Crippen LogP contribution < -0.4 is 14.2 Å². The number of methoxy groups -OCH3 is 1. The van der Waals surface area contributed by atoms with Crippen molar-refractivity contribution in [3.63, 3.8) is 0 Å². The first-order chi connectivity index (χ1) is 11.0. The number of carbonyl (C=O) groups excluding carboxylic acids is 2. The van der Waals surface area contributed by atoms with E-state index < -0.39 is 5.97 Å². The fourth-order valence-electron chi connectivity index (χ4n) is 1.95. The molecule has 0 atom stereocenters. The highest BCUT2D eigenvalue weighted by molar-refractivity contribution is 5.96. The monoisotopic (exact) mass is 315 g/mol. The predicted molar refractivity (Wildman–Crippen MR) is 82.9 cm³/mol. The van der Waals surface area contributed by atoms with Gasteiger partial charge < -0.3 is 14.2 Å². The summed E-state index contributed by atoms with van der Waals surface area (Å²) in [4.78, 5) is 27.0. The lowest BCUT2D eigenvalue weighted by atomic mass is 10.2. The Morgan fingerprint density at radius 2 is 1.83 bits per heavy atom. The van der Waals surface area contributed by atoms with Crippen LogP contribution in [-0.2, 0) is 11.4 Å². The van der Waals surface area contributed by atoms with Crippen LogP contribution in [0.15, 0.2) is 36.4 Å². The summed E-state index contributed by atoms with van der Waals surface area (Å²) in [6.07, 6.45) is 0. The van der Waals surface area contributed by atoms with E-state index >= 15 is 0 Å². The van der Waals surface area contributed by atoms with Crippen LogP contribution in [0.4, 0.5) is 0 Å². The van der Waals surface area contributed by atoms with Gasteiger partial charge in [0.1, 0.15) is 6.61 Å². The molecular formula is C17H17NO5. The molecule has 1 aromatic carbocycles. The van der Waals surface area contributed by atoms with Gasteiger partial charge in [0.15, 0.2) is 23.0 Å². The number of benzene rings is 1. The maximum atomic E-state index is 11.8. The molecule has 0 spiro atoms. The summed E-state index contributed by atoms with van der Waals surface area (Å²) in [6.45, 7) is 2.86. The average Bonchev–Trinajstić information content (AvgIpc) is 2.53. The maximum absolute atomic E-state index is 11.8. The van der Waals surface area contributed by atoms with Crippen LogP contribution in [0.3, 0.4) is 0 Å². The predicted octanol–water partition coefficient (Wildman–Crippen LogP) is 2.80. The highest BCUT2D eigenvalue weighted by Gasteiger charge is 2.20. The van der Waals surface area contributed by atoms with Crippen molar-refractivity contribution in [1.29, 1.82) is 0 Å². The number of nitrogens with zero attached hydrogens (tertiary/aromatic N) is 1. The molecule has 2 rings (SSSR count). The fraction of sp³-hybridized carbons (Fsp3) is 0.235. The summed E-state index contributed by atoms with van der Waals surface area (Å²) in [5.74, 6) is -0.365. The second-order valence-electron chi connectivity index (χ2n) is 4.76. The molecule has 0 saturated heterocycles. The molecule has 0 amide bonds. The first-order valence-electron chi connectivity index (χ1n) is 6.96. The first kappa shape index (κ1) is 16.5. The lowest BCUT2D eigenvalue weighted by molar-refractivity contribution is -0.132. The van der Waals surface area contributed by atoms with Crippen molar-refractivity contribution in [2.45, 2.75) is 20.5 Å². The molecule has 6 heteroatoms. The van der Waals surface area contributed by atoms with E-state index in [1.54, 1.807) is 0 Å².